The van der Waals surface area contributed by atoms with Gasteiger partial charge in [0.05, 0.1) is 0 Å². The molecule has 0 aromatic heterocycles. The molecule has 0 nitrogen and oxygen atoms in total. The van der Waals surface area contributed by atoms with Crippen LogP contribution in [0.1, 0.15) is 11.1 Å². The van der Waals surface area contributed by atoms with Crippen LogP contribution in [-0.4, -0.2) is 0 Å². The molecule has 0 aliphatic heterocycles. The topological polar surface area (TPSA) is 0 Å². The number of rotatable bonds is 0. The average Bonchev–Trinajstić information content (AvgIpc) is 2.83. The molecular formula is C17H12. The number of hydrogen-bond donors (Lipinski definition) is 0. The third-order valence-corrected chi connectivity index (χ3v) is 3.66. The minimum atomic E-state index is 1.05. The Bertz CT molecular complexity index is 761. The predicted molar refractivity (Wildman–Crippen MR) is 72.8 cm³/mol. The van der Waals surface area contributed by atoms with Crippen molar-refractivity contribution in [3.63, 3.8) is 0 Å². The van der Waals surface area contributed by atoms with E-state index >= 15 is 0 Å². The van der Waals surface area contributed by atoms with Crippen LogP contribution in [0.15, 0.2) is 42.5 Å². The lowest BCUT2D eigenvalue weighted by atomic mass is 9.90. The fourth-order valence-electron chi connectivity index (χ4n) is 2.78. The Labute approximate surface area is 100 Å². The van der Waals surface area contributed by atoms with Gasteiger partial charge >= 0.3 is 0 Å². The Balaban J connectivity index is 2.11. The minimum absolute atomic E-state index is 1.05. The first-order valence-electron chi connectivity index (χ1n) is 6.03. The lowest BCUT2D eigenvalue weighted by Gasteiger charge is -2.14. The highest BCUT2D eigenvalue weighted by atomic mass is 14.1. The van der Waals surface area contributed by atoms with E-state index in [0.717, 1.165) is 6.42 Å². The van der Waals surface area contributed by atoms with Crippen LogP contribution in [0.5, 0.6) is 0 Å². The number of allylic oxidation sites excluding steroid dienone is 1. The zero-order chi connectivity index (χ0) is 11.2. The Morgan fingerprint density at radius 1 is 0.882 bits per heavy atom. The van der Waals surface area contributed by atoms with Crippen LogP contribution in [-0.2, 0) is 6.42 Å². The minimum Gasteiger partial charge on any atom is -0.0722 e. The van der Waals surface area contributed by atoms with Crippen molar-refractivity contribution in [2.24, 2.45) is 0 Å². The van der Waals surface area contributed by atoms with E-state index in [1.807, 2.05) is 0 Å². The third kappa shape index (κ3) is 1.24. The number of benzene rings is 2. The summed E-state index contributed by atoms with van der Waals surface area (Å²) in [6, 6.07) is 13.3. The Kier molecular flexibility index (Phi) is 1.70. The summed E-state index contributed by atoms with van der Waals surface area (Å²) in [5.41, 5.74) is 5.56. The molecule has 0 N–H and O–H groups in total. The zero-order valence-electron chi connectivity index (χ0n) is 9.48. The molecule has 0 saturated heterocycles. The first-order valence-corrected chi connectivity index (χ1v) is 6.03. The quantitative estimate of drug-likeness (QED) is 0.634. The summed E-state index contributed by atoms with van der Waals surface area (Å²) in [7, 11) is 0. The van der Waals surface area contributed by atoms with Gasteiger partial charge in [-0.15, -0.1) is 0 Å². The smallest absolute Gasteiger partial charge is 0.00821 e. The van der Waals surface area contributed by atoms with Gasteiger partial charge in [0.1, 0.15) is 0 Å². The monoisotopic (exact) mass is 216 g/mol. The van der Waals surface area contributed by atoms with Gasteiger partial charge in [-0.05, 0) is 51.2 Å². The second kappa shape index (κ2) is 3.21. The Morgan fingerprint density at radius 3 is 2.82 bits per heavy atom. The van der Waals surface area contributed by atoms with E-state index in [1.165, 1.54) is 32.7 Å². The molecule has 0 radical (unpaired) electrons. The fraction of sp³-hybridized carbons (Fsp3) is 0.0588. The zero-order valence-corrected chi connectivity index (χ0v) is 9.48. The summed E-state index contributed by atoms with van der Waals surface area (Å²) >= 11 is 0. The van der Waals surface area contributed by atoms with Gasteiger partial charge in [-0.3, -0.25) is 0 Å². The van der Waals surface area contributed by atoms with E-state index in [9.17, 15) is 0 Å². The van der Waals surface area contributed by atoms with Crippen LogP contribution in [0.4, 0.5) is 0 Å². The molecule has 80 valence electrons. The van der Waals surface area contributed by atoms with Crippen LogP contribution in [0.25, 0.3) is 29.4 Å². The van der Waals surface area contributed by atoms with Crippen LogP contribution in [0.3, 0.4) is 0 Å². The largest absolute Gasteiger partial charge is 0.0722 e. The average molecular weight is 216 g/mol. The maximum Gasteiger partial charge on any atom is -0.00821 e. The molecule has 0 saturated carbocycles. The highest BCUT2D eigenvalue weighted by molar-refractivity contribution is 5.77. The molecule has 0 fully saturated rings. The van der Waals surface area contributed by atoms with E-state index in [-0.39, 0.29) is 0 Å². The van der Waals surface area contributed by atoms with Crippen molar-refractivity contribution in [3.05, 3.63) is 64.0 Å². The summed E-state index contributed by atoms with van der Waals surface area (Å²) in [5, 5.41) is 2.72. The van der Waals surface area contributed by atoms with Crippen molar-refractivity contribution >= 4 is 18.2 Å². The predicted octanol–water partition coefficient (Wildman–Crippen LogP) is 2.50. The summed E-state index contributed by atoms with van der Waals surface area (Å²) < 4.78 is 0. The first-order chi connectivity index (χ1) is 8.42. The van der Waals surface area contributed by atoms with Gasteiger partial charge in [-0.1, -0.05) is 48.6 Å². The molecule has 0 heterocycles. The van der Waals surface area contributed by atoms with Crippen molar-refractivity contribution in [1.29, 1.82) is 0 Å². The molecule has 0 spiro atoms. The molecular weight excluding hydrogens is 204 g/mol. The fourth-order valence-corrected chi connectivity index (χ4v) is 2.78. The summed E-state index contributed by atoms with van der Waals surface area (Å²) in [6.07, 6.45) is 9.89. The van der Waals surface area contributed by atoms with Gasteiger partial charge in [0.2, 0.25) is 0 Å². The standard InChI is InChI=1S/C17H12/c1-2-7-16-12(4-1)8-9-15-10-13-5-3-6-14(13)11-17(15)16/h1-7,9-11H,8H2. The normalized spacial score (nSPS) is 14.4. The summed E-state index contributed by atoms with van der Waals surface area (Å²) in [6.45, 7) is 0. The first kappa shape index (κ1) is 9.00. The molecule has 0 unspecified atom stereocenters. The maximum atomic E-state index is 2.34. The molecule has 4 rings (SSSR count). The van der Waals surface area contributed by atoms with E-state index < -0.39 is 0 Å². The van der Waals surface area contributed by atoms with Crippen molar-refractivity contribution in [3.8, 4) is 11.1 Å². The number of fused-ring (bicyclic) bond motifs is 4. The Hall–Kier alpha value is -2.08. The second-order valence-electron chi connectivity index (χ2n) is 4.66. The second-order valence-corrected chi connectivity index (χ2v) is 4.66. The molecule has 0 atom stereocenters. The molecule has 17 heavy (non-hydrogen) atoms. The lowest BCUT2D eigenvalue weighted by Crippen LogP contribution is -2.17. The van der Waals surface area contributed by atoms with Crippen molar-refractivity contribution in [1.82, 2.24) is 0 Å². The summed E-state index contributed by atoms with van der Waals surface area (Å²) in [5.74, 6) is 0. The van der Waals surface area contributed by atoms with Gasteiger partial charge in [-0.2, -0.15) is 0 Å². The van der Waals surface area contributed by atoms with E-state index in [1.54, 1.807) is 0 Å². The molecule has 2 aliphatic rings. The van der Waals surface area contributed by atoms with Crippen molar-refractivity contribution in [2.75, 3.05) is 0 Å². The molecule has 0 amide bonds. The van der Waals surface area contributed by atoms with Crippen LogP contribution < -0.4 is 10.4 Å². The van der Waals surface area contributed by atoms with Crippen LogP contribution in [0, 0.1) is 0 Å². The van der Waals surface area contributed by atoms with Crippen LogP contribution >= 0.6 is 0 Å². The molecule has 0 heteroatoms. The van der Waals surface area contributed by atoms with Gasteiger partial charge in [0.15, 0.2) is 0 Å². The highest BCUT2D eigenvalue weighted by Gasteiger charge is 2.11. The Morgan fingerprint density at radius 2 is 1.82 bits per heavy atom. The van der Waals surface area contributed by atoms with Crippen molar-refractivity contribution < 1.29 is 0 Å². The van der Waals surface area contributed by atoms with Gasteiger partial charge in [-0.25, -0.2) is 0 Å². The third-order valence-electron chi connectivity index (χ3n) is 3.66. The van der Waals surface area contributed by atoms with Gasteiger partial charge < -0.3 is 0 Å². The molecule has 2 aromatic carbocycles. The molecule has 2 aliphatic carbocycles. The van der Waals surface area contributed by atoms with E-state index in [2.05, 4.69) is 60.7 Å². The highest BCUT2D eigenvalue weighted by Crippen LogP contribution is 2.24. The SMILES string of the molecule is C1=Cc2cc3c(cc2=C1)-c1ccccc1CC=3. The maximum absolute atomic E-state index is 2.34. The van der Waals surface area contributed by atoms with E-state index in [0.29, 0.717) is 0 Å². The van der Waals surface area contributed by atoms with Crippen molar-refractivity contribution in [2.45, 2.75) is 6.42 Å². The molecule has 2 aromatic rings. The molecule has 0 bridgehead atoms. The summed E-state index contributed by atoms with van der Waals surface area (Å²) in [4.78, 5) is 0. The van der Waals surface area contributed by atoms with Gasteiger partial charge in [0.25, 0.3) is 0 Å². The van der Waals surface area contributed by atoms with Crippen LogP contribution in [0.2, 0.25) is 0 Å². The number of hydrogen-bond acceptors (Lipinski definition) is 0. The van der Waals surface area contributed by atoms with Gasteiger partial charge in [0, 0.05) is 0 Å². The van der Waals surface area contributed by atoms with E-state index in [4.69, 9.17) is 0 Å². The lowest BCUT2D eigenvalue weighted by molar-refractivity contribution is 1.28.